The first-order valence-electron chi connectivity index (χ1n) is 19.2. The molecule has 1 aliphatic heterocycles. The standard InChI is InChI=1S/C41H47N5O12/c1-3-19-55-28-15-16-33-31(22-28)35-29(10-6-8-18-48)26(9-5-7-17-47)21-30-32(43-57-24-25-11-13-27(14-12-25)46(53)54)23-34(41(58-33,36(30)35)56-20-4-2)45-38(40(51)52)37(39(49)50)42-44-45/h3-4,11-16,21-22,26,29,34-36,47-48H,1-2,5-10,17-20,23-24H2,(H,49,50)(H,51,52). The summed E-state index contributed by atoms with van der Waals surface area (Å²) in [7, 11) is 0. The van der Waals surface area contributed by atoms with Gasteiger partial charge in [-0.15, -0.1) is 11.7 Å². The van der Waals surface area contributed by atoms with Gasteiger partial charge >= 0.3 is 11.9 Å². The SMILES string of the molecule is C=CCOc1ccc2c(c1)C1C(CCCCO)C(CCCCO)C=C3C(=NOCc4ccc([N+](=O)[O-])cc4)CC(n4nnc(C(=O)O)c4C(=O)O)C(OCC=C)(O2)C31. The summed E-state index contributed by atoms with van der Waals surface area (Å²) in [4.78, 5) is 41.9. The molecule has 1 fully saturated rings. The predicted molar refractivity (Wildman–Crippen MR) is 208 cm³/mol. The summed E-state index contributed by atoms with van der Waals surface area (Å²) in [5.41, 5.74) is 0.964. The van der Waals surface area contributed by atoms with E-state index in [1.165, 1.54) is 18.2 Å². The summed E-state index contributed by atoms with van der Waals surface area (Å²) in [6.07, 6.45) is 9.11. The Morgan fingerprint density at radius 3 is 2.40 bits per heavy atom. The predicted octanol–water partition coefficient (Wildman–Crippen LogP) is 5.85. The topological polar surface area (TPSA) is 238 Å². The molecule has 3 aromatic rings. The minimum absolute atomic E-state index is 0.00383. The first-order chi connectivity index (χ1) is 28.1. The number of carbonyl (C=O) groups is 2. The number of benzene rings is 2. The van der Waals surface area contributed by atoms with Gasteiger partial charge in [0, 0.05) is 43.2 Å². The number of nitro groups is 1. The maximum Gasteiger partial charge on any atom is 0.359 e. The molecule has 6 unspecified atom stereocenters. The summed E-state index contributed by atoms with van der Waals surface area (Å²) < 4.78 is 20.8. The number of aromatic nitrogens is 3. The summed E-state index contributed by atoms with van der Waals surface area (Å²) in [6, 6.07) is 10.1. The quantitative estimate of drug-likeness (QED) is 0.0428. The van der Waals surface area contributed by atoms with Gasteiger partial charge in [-0.2, -0.15) is 0 Å². The Kier molecular flexibility index (Phi) is 13.4. The number of ether oxygens (including phenoxy) is 3. The zero-order chi connectivity index (χ0) is 41.4. The molecule has 2 heterocycles. The molecule has 308 valence electrons. The highest BCUT2D eigenvalue weighted by Crippen LogP contribution is 2.63. The van der Waals surface area contributed by atoms with E-state index in [2.05, 4.69) is 34.7 Å². The van der Waals surface area contributed by atoms with E-state index < -0.39 is 51.9 Å². The Morgan fingerprint density at radius 1 is 1.02 bits per heavy atom. The van der Waals surface area contributed by atoms with Crippen molar-refractivity contribution < 1.29 is 54.0 Å². The zero-order valence-electron chi connectivity index (χ0n) is 31.9. The minimum Gasteiger partial charge on any atom is -0.490 e. The first-order valence-corrected chi connectivity index (χ1v) is 19.2. The monoisotopic (exact) mass is 801 g/mol. The highest BCUT2D eigenvalue weighted by atomic mass is 16.7. The van der Waals surface area contributed by atoms with Crippen LogP contribution in [0.15, 0.2) is 84.6 Å². The van der Waals surface area contributed by atoms with E-state index in [1.54, 1.807) is 30.3 Å². The van der Waals surface area contributed by atoms with Crippen molar-refractivity contribution in [3.05, 3.63) is 112 Å². The molecule has 17 nitrogen and oxygen atoms in total. The number of rotatable bonds is 21. The zero-order valence-corrected chi connectivity index (χ0v) is 31.9. The number of carboxylic acid groups (broad SMARTS) is 2. The molecule has 58 heavy (non-hydrogen) atoms. The number of hydrogen-bond acceptors (Lipinski definition) is 13. The number of nitrogens with zero attached hydrogens (tertiary/aromatic N) is 5. The van der Waals surface area contributed by atoms with Gasteiger partial charge in [0.2, 0.25) is 11.5 Å². The number of hydrogen-bond donors (Lipinski definition) is 4. The number of non-ortho nitro benzene ring substituents is 1. The maximum atomic E-state index is 12.9. The first kappa shape index (κ1) is 41.7. The van der Waals surface area contributed by atoms with Crippen molar-refractivity contribution in [3.63, 3.8) is 0 Å². The molecule has 0 spiro atoms. The van der Waals surface area contributed by atoms with Gasteiger partial charge in [0.1, 0.15) is 30.8 Å². The number of carboxylic acids is 2. The van der Waals surface area contributed by atoms with Gasteiger partial charge in [0.15, 0.2) is 5.69 Å². The van der Waals surface area contributed by atoms with Crippen LogP contribution in [-0.4, -0.2) is 90.2 Å². The van der Waals surface area contributed by atoms with Crippen LogP contribution in [0.4, 0.5) is 5.69 Å². The Balaban J connectivity index is 1.60. The number of aromatic carboxylic acids is 2. The van der Waals surface area contributed by atoms with E-state index in [-0.39, 0.29) is 57.0 Å². The second-order valence-electron chi connectivity index (χ2n) is 14.4. The molecule has 2 aromatic carbocycles. The number of unbranched alkanes of at least 4 members (excludes halogenated alkanes) is 2. The van der Waals surface area contributed by atoms with E-state index in [1.807, 2.05) is 6.07 Å². The van der Waals surface area contributed by atoms with Gasteiger partial charge in [0.05, 0.1) is 23.2 Å². The number of aliphatic hydroxyl groups is 2. The van der Waals surface area contributed by atoms with Gasteiger partial charge < -0.3 is 39.5 Å². The van der Waals surface area contributed by atoms with Gasteiger partial charge in [0.25, 0.3) is 5.69 Å². The largest absolute Gasteiger partial charge is 0.490 e. The van der Waals surface area contributed by atoms with Crippen LogP contribution < -0.4 is 9.47 Å². The van der Waals surface area contributed by atoms with Gasteiger partial charge in [-0.1, -0.05) is 48.0 Å². The van der Waals surface area contributed by atoms with Crippen LogP contribution in [-0.2, 0) is 16.2 Å². The van der Waals surface area contributed by atoms with Crippen molar-refractivity contribution in [2.24, 2.45) is 22.9 Å². The number of allylic oxidation sites excluding steroid dienone is 1. The van der Waals surface area contributed by atoms with E-state index >= 15 is 0 Å². The molecule has 6 rings (SSSR count). The van der Waals surface area contributed by atoms with Crippen LogP contribution in [0.2, 0.25) is 0 Å². The lowest BCUT2D eigenvalue weighted by atomic mass is 9.55. The number of oxime groups is 1. The van der Waals surface area contributed by atoms with E-state index in [0.717, 1.165) is 10.2 Å². The third-order valence-corrected chi connectivity index (χ3v) is 11.0. The fraction of sp³-hybridized carbons (Fsp3) is 0.439. The molecule has 4 N–H and O–H groups in total. The second-order valence-corrected chi connectivity index (χ2v) is 14.4. The van der Waals surface area contributed by atoms with Crippen LogP contribution in [0.3, 0.4) is 0 Å². The van der Waals surface area contributed by atoms with Crippen LogP contribution >= 0.6 is 0 Å². The third kappa shape index (κ3) is 8.37. The summed E-state index contributed by atoms with van der Waals surface area (Å²) in [5.74, 6) is -5.22. The minimum atomic E-state index is -1.74. The van der Waals surface area contributed by atoms with Crippen LogP contribution in [0.1, 0.15) is 89.0 Å². The fourth-order valence-electron chi connectivity index (χ4n) is 8.58. The highest BCUT2D eigenvalue weighted by Gasteiger charge is 2.65. The third-order valence-electron chi connectivity index (χ3n) is 11.0. The van der Waals surface area contributed by atoms with Crippen molar-refractivity contribution in [3.8, 4) is 11.5 Å². The van der Waals surface area contributed by atoms with Gasteiger partial charge in [-0.3, -0.25) is 10.1 Å². The molecule has 17 heteroatoms. The maximum absolute atomic E-state index is 12.9. The molecule has 1 aromatic heterocycles. The number of aliphatic hydroxyl groups excluding tert-OH is 2. The molecule has 2 aliphatic carbocycles. The van der Waals surface area contributed by atoms with Crippen LogP contribution in [0.5, 0.6) is 11.5 Å². The van der Waals surface area contributed by atoms with E-state index in [0.29, 0.717) is 66.9 Å². The van der Waals surface area contributed by atoms with Crippen LogP contribution in [0, 0.1) is 27.9 Å². The van der Waals surface area contributed by atoms with E-state index in [9.17, 15) is 40.1 Å². The fourth-order valence-corrected chi connectivity index (χ4v) is 8.58. The van der Waals surface area contributed by atoms with Crippen molar-refractivity contribution in [1.82, 2.24) is 15.0 Å². The van der Waals surface area contributed by atoms with Gasteiger partial charge in [-0.25, -0.2) is 14.3 Å². The highest BCUT2D eigenvalue weighted by molar-refractivity contribution is 6.03. The van der Waals surface area contributed by atoms with Crippen molar-refractivity contribution in [2.75, 3.05) is 26.4 Å². The van der Waals surface area contributed by atoms with Crippen molar-refractivity contribution in [2.45, 2.75) is 69.3 Å². The normalized spacial score (nSPS) is 23.8. The number of fused-ring (bicyclic) bond motifs is 2. The average molecular weight is 802 g/mol. The summed E-state index contributed by atoms with van der Waals surface area (Å²) in [6.45, 7) is 7.80. The average Bonchev–Trinajstić information content (AvgIpc) is 3.67. The Labute approximate surface area is 334 Å². The molecule has 0 bridgehead atoms. The Morgan fingerprint density at radius 2 is 1.74 bits per heavy atom. The molecule has 3 aliphatic rings. The molecule has 1 saturated carbocycles. The van der Waals surface area contributed by atoms with Gasteiger partial charge in [-0.05, 0) is 79.0 Å². The second kappa shape index (κ2) is 18.6. The molecule has 6 atom stereocenters. The van der Waals surface area contributed by atoms with E-state index in [4.69, 9.17) is 19.0 Å². The Hall–Kier alpha value is -5.91. The molecular weight excluding hydrogens is 754 g/mol. The summed E-state index contributed by atoms with van der Waals surface area (Å²) >= 11 is 0. The Bertz CT molecular complexity index is 2060. The smallest absolute Gasteiger partial charge is 0.359 e. The van der Waals surface area contributed by atoms with Crippen molar-refractivity contribution >= 4 is 23.3 Å². The molecule has 0 saturated heterocycles. The summed E-state index contributed by atoms with van der Waals surface area (Å²) in [5, 5.41) is 63.8. The lowest BCUT2D eigenvalue weighted by molar-refractivity contribution is -0.384. The lowest BCUT2D eigenvalue weighted by Crippen LogP contribution is -2.63. The van der Waals surface area contributed by atoms with Crippen LogP contribution in [0.25, 0.3) is 0 Å². The number of nitro benzene ring substituents is 1. The van der Waals surface area contributed by atoms with Crippen molar-refractivity contribution in [1.29, 1.82) is 0 Å². The lowest BCUT2D eigenvalue weighted by Gasteiger charge is -2.58. The molecule has 0 radical (unpaired) electrons. The molecule has 0 amide bonds. The molecular formula is C41H47N5O12.